The second-order valence-electron chi connectivity index (χ2n) is 9.05. The standard InChI is InChI=1S/C29H30N6O7/c1-3-41-25(37)15-14-23(29(40)42-4-2)33-27(38)19-10-12-20(13-11-19)32-24(36)17-34-18-30-26-22(28(34)39)16-31-35(26)21-8-6-5-7-9-21/h5-13,16,18,23H,3-4,14-15,17H2,1-2H3,(H,32,36)(H,33,38)/t23-/m1/s1. The third kappa shape index (κ3) is 7.24. The van der Waals surface area contributed by atoms with Gasteiger partial charge in [-0.25, -0.2) is 14.5 Å². The molecule has 0 aliphatic heterocycles. The number of carbonyl (C=O) groups excluding carboxylic acids is 4. The number of fused-ring (bicyclic) bond motifs is 1. The van der Waals surface area contributed by atoms with Gasteiger partial charge in [0.15, 0.2) is 5.65 Å². The van der Waals surface area contributed by atoms with E-state index in [0.717, 1.165) is 5.69 Å². The van der Waals surface area contributed by atoms with Gasteiger partial charge >= 0.3 is 11.9 Å². The van der Waals surface area contributed by atoms with E-state index in [9.17, 15) is 24.0 Å². The summed E-state index contributed by atoms with van der Waals surface area (Å²) in [4.78, 5) is 66.8. The summed E-state index contributed by atoms with van der Waals surface area (Å²) in [7, 11) is 0. The number of carbonyl (C=O) groups is 4. The minimum absolute atomic E-state index is 0.0185. The maximum Gasteiger partial charge on any atom is 0.328 e. The number of hydrogen-bond acceptors (Lipinski definition) is 9. The maximum atomic E-state index is 13.0. The van der Waals surface area contributed by atoms with Crippen LogP contribution in [-0.4, -0.2) is 62.3 Å². The van der Waals surface area contributed by atoms with Crippen molar-refractivity contribution in [3.05, 3.63) is 83.0 Å². The molecule has 4 rings (SSSR count). The van der Waals surface area contributed by atoms with Gasteiger partial charge in [0, 0.05) is 17.7 Å². The lowest BCUT2D eigenvalue weighted by Gasteiger charge is -2.17. The van der Waals surface area contributed by atoms with Crippen molar-refractivity contribution in [2.45, 2.75) is 39.3 Å². The van der Waals surface area contributed by atoms with E-state index in [4.69, 9.17) is 9.47 Å². The van der Waals surface area contributed by atoms with Crippen molar-refractivity contribution in [3.63, 3.8) is 0 Å². The number of nitrogens with one attached hydrogen (secondary N) is 2. The summed E-state index contributed by atoms with van der Waals surface area (Å²) in [5.41, 5.74) is 1.32. The fourth-order valence-electron chi connectivity index (χ4n) is 4.11. The SMILES string of the molecule is CCOC(=O)CC[C@@H](NC(=O)c1ccc(NC(=O)Cn2cnc3c(cnn3-c3ccccc3)c2=O)cc1)C(=O)OCC. The van der Waals surface area contributed by atoms with E-state index in [0.29, 0.717) is 11.3 Å². The zero-order valence-corrected chi connectivity index (χ0v) is 23.1. The molecule has 0 saturated carbocycles. The second-order valence-corrected chi connectivity index (χ2v) is 9.05. The predicted molar refractivity (Wildman–Crippen MR) is 152 cm³/mol. The molecule has 2 heterocycles. The highest BCUT2D eigenvalue weighted by Gasteiger charge is 2.24. The highest BCUT2D eigenvalue weighted by atomic mass is 16.5. The van der Waals surface area contributed by atoms with Crippen molar-refractivity contribution in [2.24, 2.45) is 0 Å². The number of para-hydroxylation sites is 1. The fourth-order valence-corrected chi connectivity index (χ4v) is 4.11. The predicted octanol–water partition coefficient (Wildman–Crippen LogP) is 2.23. The molecule has 0 unspecified atom stereocenters. The highest BCUT2D eigenvalue weighted by molar-refractivity contribution is 5.98. The quantitative estimate of drug-likeness (QED) is 0.242. The number of hydrogen-bond donors (Lipinski definition) is 2. The number of ether oxygens (including phenoxy) is 2. The molecule has 0 aliphatic rings. The molecule has 1 atom stereocenters. The summed E-state index contributed by atoms with van der Waals surface area (Å²) in [6, 6.07) is 14.2. The van der Waals surface area contributed by atoms with E-state index in [-0.39, 0.29) is 43.5 Å². The normalized spacial score (nSPS) is 11.5. The number of aromatic nitrogens is 4. The maximum absolute atomic E-state index is 13.0. The minimum atomic E-state index is -1.04. The first-order chi connectivity index (χ1) is 20.3. The summed E-state index contributed by atoms with van der Waals surface area (Å²) >= 11 is 0. The van der Waals surface area contributed by atoms with Crippen LogP contribution in [0.4, 0.5) is 5.69 Å². The molecule has 0 fully saturated rings. The van der Waals surface area contributed by atoms with Crippen LogP contribution in [0.15, 0.2) is 71.9 Å². The molecule has 0 saturated heterocycles. The first kappa shape index (κ1) is 29.6. The van der Waals surface area contributed by atoms with Gasteiger partial charge in [-0.2, -0.15) is 5.10 Å². The summed E-state index contributed by atoms with van der Waals surface area (Å²) < 4.78 is 12.6. The Hall–Kier alpha value is -5.33. The van der Waals surface area contributed by atoms with Crippen LogP contribution in [-0.2, 0) is 30.4 Å². The molecule has 13 heteroatoms. The lowest BCUT2D eigenvalue weighted by molar-refractivity contribution is -0.146. The molecular formula is C29H30N6O7. The number of anilines is 1. The van der Waals surface area contributed by atoms with Gasteiger partial charge in [-0.1, -0.05) is 18.2 Å². The monoisotopic (exact) mass is 574 g/mol. The second kappa shape index (κ2) is 13.8. The molecule has 2 N–H and O–H groups in total. The first-order valence-electron chi connectivity index (χ1n) is 13.3. The van der Waals surface area contributed by atoms with Crippen molar-refractivity contribution in [3.8, 4) is 5.69 Å². The van der Waals surface area contributed by atoms with Crippen LogP contribution in [0, 0.1) is 0 Å². The van der Waals surface area contributed by atoms with Crippen LogP contribution in [0.1, 0.15) is 37.0 Å². The molecule has 0 spiro atoms. The van der Waals surface area contributed by atoms with Crippen molar-refractivity contribution < 1.29 is 28.7 Å². The molecule has 13 nitrogen and oxygen atoms in total. The van der Waals surface area contributed by atoms with E-state index in [1.165, 1.54) is 41.4 Å². The molecule has 0 radical (unpaired) electrons. The molecule has 218 valence electrons. The van der Waals surface area contributed by atoms with Crippen molar-refractivity contribution in [1.29, 1.82) is 0 Å². The van der Waals surface area contributed by atoms with Gasteiger partial charge in [0.25, 0.3) is 11.5 Å². The van der Waals surface area contributed by atoms with Gasteiger partial charge in [0.1, 0.15) is 24.3 Å². The Morgan fingerprint density at radius 3 is 2.36 bits per heavy atom. The Labute approximate surface area is 240 Å². The molecule has 2 aromatic heterocycles. The molecule has 42 heavy (non-hydrogen) atoms. The van der Waals surface area contributed by atoms with Crippen LogP contribution in [0.5, 0.6) is 0 Å². The summed E-state index contributed by atoms with van der Waals surface area (Å²) in [5.74, 6) is -2.18. The Kier molecular flexibility index (Phi) is 9.77. The molecular weight excluding hydrogens is 544 g/mol. The van der Waals surface area contributed by atoms with Gasteiger partial charge in [-0.05, 0) is 56.7 Å². The Morgan fingerprint density at radius 2 is 1.67 bits per heavy atom. The van der Waals surface area contributed by atoms with Crippen molar-refractivity contribution in [2.75, 3.05) is 18.5 Å². The van der Waals surface area contributed by atoms with E-state index in [1.807, 2.05) is 30.3 Å². The number of rotatable bonds is 12. The van der Waals surface area contributed by atoms with Crippen LogP contribution >= 0.6 is 0 Å². The lowest BCUT2D eigenvalue weighted by Crippen LogP contribution is -2.42. The largest absolute Gasteiger partial charge is 0.466 e. The molecule has 2 amide bonds. The van der Waals surface area contributed by atoms with Crippen LogP contribution in [0.3, 0.4) is 0 Å². The van der Waals surface area contributed by atoms with Gasteiger partial charge in [-0.15, -0.1) is 0 Å². The smallest absolute Gasteiger partial charge is 0.328 e. The average Bonchev–Trinajstić information content (AvgIpc) is 3.42. The Morgan fingerprint density at radius 1 is 0.952 bits per heavy atom. The highest BCUT2D eigenvalue weighted by Crippen LogP contribution is 2.14. The third-order valence-electron chi connectivity index (χ3n) is 6.12. The molecule has 2 aromatic carbocycles. The number of esters is 2. The summed E-state index contributed by atoms with van der Waals surface area (Å²) in [6.45, 7) is 3.35. The first-order valence-corrected chi connectivity index (χ1v) is 13.3. The summed E-state index contributed by atoms with van der Waals surface area (Å²) in [6.07, 6.45) is 2.66. The number of benzene rings is 2. The van der Waals surface area contributed by atoms with Gasteiger partial charge in [0.05, 0.1) is 25.1 Å². The van der Waals surface area contributed by atoms with Gasteiger partial charge in [0.2, 0.25) is 5.91 Å². The topological polar surface area (TPSA) is 164 Å². The Bertz CT molecular complexity index is 1630. The lowest BCUT2D eigenvalue weighted by atomic mass is 10.1. The van der Waals surface area contributed by atoms with Crippen LogP contribution in [0.25, 0.3) is 16.7 Å². The third-order valence-corrected chi connectivity index (χ3v) is 6.12. The molecule has 0 aliphatic carbocycles. The average molecular weight is 575 g/mol. The van der Waals surface area contributed by atoms with Crippen LogP contribution < -0.4 is 16.2 Å². The summed E-state index contributed by atoms with van der Waals surface area (Å²) in [5, 5.41) is 9.79. The molecule has 4 aromatic rings. The number of nitrogens with zero attached hydrogens (tertiary/aromatic N) is 4. The van der Waals surface area contributed by atoms with E-state index in [1.54, 1.807) is 18.5 Å². The zero-order chi connectivity index (χ0) is 30.1. The molecule has 0 bridgehead atoms. The van der Waals surface area contributed by atoms with Gasteiger partial charge < -0.3 is 20.1 Å². The van der Waals surface area contributed by atoms with Crippen LogP contribution in [0.2, 0.25) is 0 Å². The van der Waals surface area contributed by atoms with Gasteiger partial charge in [-0.3, -0.25) is 23.7 Å². The van der Waals surface area contributed by atoms with E-state index < -0.39 is 35.4 Å². The van der Waals surface area contributed by atoms with Crippen molar-refractivity contribution >= 4 is 40.5 Å². The Balaban J connectivity index is 1.38. The van der Waals surface area contributed by atoms with Crippen molar-refractivity contribution in [1.82, 2.24) is 24.6 Å². The minimum Gasteiger partial charge on any atom is -0.466 e. The number of amides is 2. The fraction of sp³-hybridized carbons (Fsp3) is 0.276. The van der Waals surface area contributed by atoms with E-state index in [2.05, 4.69) is 20.7 Å². The van der Waals surface area contributed by atoms with E-state index >= 15 is 0 Å². The zero-order valence-electron chi connectivity index (χ0n) is 23.1.